The van der Waals surface area contributed by atoms with Crippen molar-refractivity contribution in [2.24, 2.45) is 0 Å². The predicted octanol–water partition coefficient (Wildman–Crippen LogP) is 4.02. The standard InChI is InChI=1S/C19H15FN4O2/c1-12-2-4-13(5-3-12)18-21-16(25-23-18)10-11-17-22-19(24-26-17)14-6-8-15(20)9-7-14/h2-9H,10-11H2,1H3. The van der Waals surface area contributed by atoms with E-state index >= 15 is 0 Å². The van der Waals surface area contributed by atoms with E-state index in [1.165, 1.54) is 17.7 Å². The van der Waals surface area contributed by atoms with Gasteiger partial charge in [0.05, 0.1) is 0 Å². The molecular weight excluding hydrogens is 335 g/mol. The van der Waals surface area contributed by atoms with Gasteiger partial charge in [0.25, 0.3) is 0 Å². The first-order valence-corrected chi connectivity index (χ1v) is 8.15. The molecule has 0 amide bonds. The Hall–Kier alpha value is -3.35. The molecule has 0 saturated carbocycles. The highest BCUT2D eigenvalue weighted by Gasteiger charge is 2.12. The zero-order valence-electron chi connectivity index (χ0n) is 14.0. The molecule has 0 aliphatic rings. The first-order chi connectivity index (χ1) is 12.7. The van der Waals surface area contributed by atoms with Crippen LogP contribution in [0.15, 0.2) is 57.6 Å². The Morgan fingerprint density at radius 1 is 0.731 bits per heavy atom. The predicted molar refractivity (Wildman–Crippen MR) is 91.6 cm³/mol. The molecule has 0 aliphatic heterocycles. The number of hydrogen-bond donors (Lipinski definition) is 0. The van der Waals surface area contributed by atoms with E-state index in [4.69, 9.17) is 9.05 Å². The molecule has 0 fully saturated rings. The summed E-state index contributed by atoms with van der Waals surface area (Å²) in [6.07, 6.45) is 0.966. The van der Waals surface area contributed by atoms with Crippen molar-refractivity contribution in [3.63, 3.8) is 0 Å². The molecular formula is C19H15FN4O2. The van der Waals surface area contributed by atoms with Crippen LogP contribution in [0.1, 0.15) is 17.3 Å². The molecule has 4 aromatic rings. The fourth-order valence-corrected chi connectivity index (χ4v) is 2.46. The van der Waals surface area contributed by atoms with E-state index in [1.54, 1.807) is 12.1 Å². The minimum Gasteiger partial charge on any atom is -0.339 e. The first kappa shape index (κ1) is 16.1. The molecule has 0 bridgehead atoms. The quantitative estimate of drug-likeness (QED) is 0.541. The van der Waals surface area contributed by atoms with Gasteiger partial charge in [0, 0.05) is 24.0 Å². The van der Waals surface area contributed by atoms with E-state index in [2.05, 4.69) is 20.3 Å². The number of aromatic nitrogens is 4. The summed E-state index contributed by atoms with van der Waals surface area (Å²) in [7, 11) is 0. The second-order valence-corrected chi connectivity index (χ2v) is 5.90. The third-order valence-electron chi connectivity index (χ3n) is 3.90. The fourth-order valence-electron chi connectivity index (χ4n) is 2.46. The van der Waals surface area contributed by atoms with E-state index in [0.717, 1.165) is 5.56 Å². The average Bonchev–Trinajstić information content (AvgIpc) is 3.31. The second-order valence-electron chi connectivity index (χ2n) is 5.90. The van der Waals surface area contributed by atoms with E-state index in [1.807, 2.05) is 31.2 Å². The molecule has 2 aromatic carbocycles. The number of benzene rings is 2. The maximum absolute atomic E-state index is 13.0. The lowest BCUT2D eigenvalue weighted by Crippen LogP contribution is -1.92. The van der Waals surface area contributed by atoms with Crippen LogP contribution in [0.3, 0.4) is 0 Å². The molecule has 6 nitrogen and oxygen atoms in total. The largest absolute Gasteiger partial charge is 0.339 e. The van der Waals surface area contributed by atoms with Gasteiger partial charge < -0.3 is 9.05 Å². The van der Waals surface area contributed by atoms with Gasteiger partial charge in [0.15, 0.2) is 0 Å². The van der Waals surface area contributed by atoms with Crippen LogP contribution < -0.4 is 0 Å². The van der Waals surface area contributed by atoms with Crippen molar-refractivity contribution < 1.29 is 13.4 Å². The molecule has 130 valence electrons. The Labute approximate surface area is 148 Å². The Balaban J connectivity index is 1.42. The van der Waals surface area contributed by atoms with Gasteiger partial charge in [-0.1, -0.05) is 40.1 Å². The molecule has 2 heterocycles. The van der Waals surface area contributed by atoms with Gasteiger partial charge in [-0.2, -0.15) is 9.97 Å². The van der Waals surface area contributed by atoms with E-state index in [0.29, 0.717) is 41.8 Å². The molecule has 0 unspecified atom stereocenters. The topological polar surface area (TPSA) is 77.8 Å². The van der Waals surface area contributed by atoms with Crippen molar-refractivity contribution in [1.29, 1.82) is 0 Å². The smallest absolute Gasteiger partial charge is 0.227 e. The fraction of sp³-hybridized carbons (Fsp3) is 0.158. The minimum absolute atomic E-state index is 0.307. The van der Waals surface area contributed by atoms with Crippen molar-refractivity contribution in [3.8, 4) is 22.8 Å². The number of rotatable bonds is 5. The molecule has 0 aliphatic carbocycles. The van der Waals surface area contributed by atoms with Gasteiger partial charge in [0.1, 0.15) is 5.82 Å². The molecule has 0 N–H and O–H groups in total. The van der Waals surface area contributed by atoms with Crippen molar-refractivity contribution in [2.75, 3.05) is 0 Å². The molecule has 7 heteroatoms. The molecule has 0 spiro atoms. The van der Waals surface area contributed by atoms with Gasteiger partial charge in [-0.25, -0.2) is 4.39 Å². The second kappa shape index (κ2) is 6.87. The number of aryl methyl sites for hydroxylation is 3. The van der Waals surface area contributed by atoms with Crippen LogP contribution in [0.2, 0.25) is 0 Å². The van der Waals surface area contributed by atoms with Crippen LogP contribution in [-0.4, -0.2) is 20.3 Å². The van der Waals surface area contributed by atoms with Crippen LogP contribution in [0.25, 0.3) is 22.8 Å². The van der Waals surface area contributed by atoms with Gasteiger partial charge in [-0.05, 0) is 31.2 Å². The van der Waals surface area contributed by atoms with Crippen LogP contribution in [-0.2, 0) is 12.8 Å². The lowest BCUT2D eigenvalue weighted by atomic mass is 10.1. The van der Waals surface area contributed by atoms with E-state index < -0.39 is 0 Å². The van der Waals surface area contributed by atoms with Crippen molar-refractivity contribution in [3.05, 3.63) is 71.7 Å². The summed E-state index contributed by atoms with van der Waals surface area (Å²) in [4.78, 5) is 8.70. The highest BCUT2D eigenvalue weighted by molar-refractivity contribution is 5.55. The molecule has 0 saturated heterocycles. The Bertz CT molecular complexity index is 923. The van der Waals surface area contributed by atoms with Crippen LogP contribution in [0.4, 0.5) is 4.39 Å². The molecule has 4 rings (SSSR count). The lowest BCUT2D eigenvalue weighted by molar-refractivity contribution is 0.354. The van der Waals surface area contributed by atoms with Crippen LogP contribution in [0, 0.1) is 12.7 Å². The Morgan fingerprint density at radius 3 is 1.69 bits per heavy atom. The average molecular weight is 350 g/mol. The summed E-state index contributed by atoms with van der Waals surface area (Å²) in [5.74, 6) is 1.63. The summed E-state index contributed by atoms with van der Waals surface area (Å²) in [6.45, 7) is 2.02. The molecule has 0 radical (unpaired) electrons. The Kier molecular flexibility index (Phi) is 4.27. The highest BCUT2D eigenvalue weighted by atomic mass is 19.1. The molecule has 26 heavy (non-hydrogen) atoms. The van der Waals surface area contributed by atoms with Gasteiger partial charge in [0.2, 0.25) is 23.4 Å². The Morgan fingerprint density at radius 2 is 1.19 bits per heavy atom. The number of nitrogens with zero attached hydrogens (tertiary/aromatic N) is 4. The van der Waals surface area contributed by atoms with Gasteiger partial charge >= 0.3 is 0 Å². The summed E-state index contributed by atoms with van der Waals surface area (Å²) in [5.41, 5.74) is 2.77. The van der Waals surface area contributed by atoms with E-state index in [-0.39, 0.29) is 5.82 Å². The maximum Gasteiger partial charge on any atom is 0.227 e. The van der Waals surface area contributed by atoms with Crippen molar-refractivity contribution in [2.45, 2.75) is 19.8 Å². The zero-order valence-corrected chi connectivity index (χ0v) is 14.0. The normalized spacial score (nSPS) is 11.0. The van der Waals surface area contributed by atoms with Crippen LogP contribution in [0.5, 0.6) is 0 Å². The maximum atomic E-state index is 13.0. The van der Waals surface area contributed by atoms with Crippen LogP contribution >= 0.6 is 0 Å². The summed E-state index contributed by atoms with van der Waals surface area (Å²) in [6, 6.07) is 13.8. The summed E-state index contributed by atoms with van der Waals surface area (Å²) < 4.78 is 23.5. The first-order valence-electron chi connectivity index (χ1n) is 8.15. The highest BCUT2D eigenvalue weighted by Crippen LogP contribution is 2.18. The van der Waals surface area contributed by atoms with Crippen molar-refractivity contribution >= 4 is 0 Å². The van der Waals surface area contributed by atoms with Gasteiger partial charge in [-0.15, -0.1) is 0 Å². The van der Waals surface area contributed by atoms with Gasteiger partial charge in [-0.3, -0.25) is 0 Å². The third kappa shape index (κ3) is 3.51. The minimum atomic E-state index is -0.307. The molecule has 2 aromatic heterocycles. The number of hydrogen-bond acceptors (Lipinski definition) is 6. The third-order valence-corrected chi connectivity index (χ3v) is 3.90. The SMILES string of the molecule is Cc1ccc(-c2noc(CCc3nc(-c4ccc(F)cc4)no3)n2)cc1. The molecule has 0 atom stereocenters. The summed E-state index contributed by atoms with van der Waals surface area (Å²) >= 11 is 0. The zero-order chi connectivity index (χ0) is 17.9. The number of halogens is 1. The summed E-state index contributed by atoms with van der Waals surface area (Å²) in [5, 5.41) is 7.92. The van der Waals surface area contributed by atoms with E-state index in [9.17, 15) is 4.39 Å². The monoisotopic (exact) mass is 350 g/mol. The van der Waals surface area contributed by atoms with Crippen molar-refractivity contribution in [1.82, 2.24) is 20.3 Å². The lowest BCUT2D eigenvalue weighted by Gasteiger charge is -1.94.